The van der Waals surface area contributed by atoms with Gasteiger partial charge < -0.3 is 26.6 Å². The van der Waals surface area contributed by atoms with Gasteiger partial charge in [-0.25, -0.2) is 0 Å². The first-order chi connectivity index (χ1) is 15.8. The molecule has 1 aliphatic carbocycles. The first-order valence-electron chi connectivity index (χ1n) is 11.9. The Morgan fingerprint density at radius 2 is 1.73 bits per heavy atom. The van der Waals surface area contributed by atoms with Crippen LogP contribution in [0.5, 0.6) is 0 Å². The molecule has 0 spiro atoms. The van der Waals surface area contributed by atoms with E-state index in [9.17, 15) is 14.4 Å². The Morgan fingerprint density at radius 3 is 2.27 bits per heavy atom. The third-order valence-electron chi connectivity index (χ3n) is 6.80. The number of rotatable bonds is 9. The SMILES string of the molecule is CN(C)C(=O)CN[C@@H](C(=O)N1CC[C@H]1C(=O)NCc1ccc(C(N)N)cc1)C1CCCCC1. The van der Waals surface area contributed by atoms with Crippen molar-refractivity contribution in [3.8, 4) is 0 Å². The summed E-state index contributed by atoms with van der Waals surface area (Å²) < 4.78 is 0. The lowest BCUT2D eigenvalue weighted by Gasteiger charge is -2.43. The molecule has 1 saturated heterocycles. The molecule has 6 N–H and O–H groups in total. The zero-order chi connectivity index (χ0) is 24.0. The van der Waals surface area contributed by atoms with Gasteiger partial charge in [0.2, 0.25) is 17.7 Å². The van der Waals surface area contributed by atoms with Gasteiger partial charge in [0, 0.05) is 27.2 Å². The van der Waals surface area contributed by atoms with Crippen LogP contribution in [0.1, 0.15) is 55.8 Å². The van der Waals surface area contributed by atoms with Crippen molar-refractivity contribution < 1.29 is 14.4 Å². The van der Waals surface area contributed by atoms with E-state index in [2.05, 4.69) is 10.6 Å². The molecule has 1 aromatic carbocycles. The molecule has 182 valence electrons. The number of carbonyl (C=O) groups is 3. The van der Waals surface area contributed by atoms with Crippen LogP contribution in [-0.4, -0.2) is 66.8 Å². The Kier molecular flexibility index (Phi) is 8.82. The topological polar surface area (TPSA) is 134 Å². The fourth-order valence-corrected chi connectivity index (χ4v) is 4.55. The van der Waals surface area contributed by atoms with Crippen LogP contribution in [0.4, 0.5) is 0 Å². The normalized spacial score (nSPS) is 19.7. The van der Waals surface area contributed by atoms with E-state index in [0.29, 0.717) is 19.5 Å². The molecule has 2 fully saturated rings. The van der Waals surface area contributed by atoms with Crippen LogP contribution in [0, 0.1) is 5.92 Å². The van der Waals surface area contributed by atoms with Crippen molar-refractivity contribution >= 4 is 17.7 Å². The predicted molar refractivity (Wildman–Crippen MR) is 127 cm³/mol. The summed E-state index contributed by atoms with van der Waals surface area (Å²) in [5, 5.41) is 6.16. The Balaban J connectivity index is 1.59. The Bertz CT molecular complexity index is 820. The van der Waals surface area contributed by atoms with Crippen molar-refractivity contribution in [2.75, 3.05) is 27.2 Å². The van der Waals surface area contributed by atoms with Gasteiger partial charge in [-0.2, -0.15) is 0 Å². The van der Waals surface area contributed by atoms with Crippen molar-refractivity contribution in [1.82, 2.24) is 20.4 Å². The molecule has 0 radical (unpaired) electrons. The first kappa shape index (κ1) is 25.1. The molecule has 33 heavy (non-hydrogen) atoms. The summed E-state index contributed by atoms with van der Waals surface area (Å²) in [7, 11) is 3.41. The Hall–Kier alpha value is -2.49. The molecule has 3 rings (SSSR count). The average Bonchev–Trinajstić information content (AvgIpc) is 2.77. The van der Waals surface area contributed by atoms with Gasteiger partial charge in [-0.3, -0.25) is 19.7 Å². The molecule has 2 aliphatic rings. The van der Waals surface area contributed by atoms with Crippen LogP contribution < -0.4 is 22.1 Å². The average molecular weight is 459 g/mol. The Labute approximate surface area is 196 Å². The Morgan fingerprint density at radius 1 is 1.06 bits per heavy atom. The number of amides is 3. The molecular weight excluding hydrogens is 420 g/mol. The lowest BCUT2D eigenvalue weighted by Crippen LogP contribution is -2.63. The molecule has 0 bridgehead atoms. The van der Waals surface area contributed by atoms with Gasteiger partial charge in [0.15, 0.2) is 0 Å². The molecule has 1 saturated carbocycles. The zero-order valence-corrected chi connectivity index (χ0v) is 19.8. The third kappa shape index (κ3) is 6.52. The zero-order valence-electron chi connectivity index (χ0n) is 19.8. The van der Waals surface area contributed by atoms with E-state index in [4.69, 9.17) is 11.5 Å². The molecular formula is C24H38N6O3. The minimum atomic E-state index is -0.526. The number of benzene rings is 1. The van der Waals surface area contributed by atoms with E-state index in [-0.39, 0.29) is 30.2 Å². The quantitative estimate of drug-likeness (QED) is 0.397. The summed E-state index contributed by atoms with van der Waals surface area (Å²) in [6, 6.07) is 6.57. The van der Waals surface area contributed by atoms with Gasteiger partial charge in [-0.15, -0.1) is 0 Å². The second-order valence-corrected chi connectivity index (χ2v) is 9.37. The molecule has 0 unspecified atom stereocenters. The molecule has 1 aliphatic heterocycles. The van der Waals surface area contributed by atoms with Crippen molar-refractivity contribution in [3.05, 3.63) is 35.4 Å². The number of nitrogens with zero attached hydrogens (tertiary/aromatic N) is 2. The summed E-state index contributed by atoms with van der Waals surface area (Å²) in [6.07, 6.45) is 5.42. The van der Waals surface area contributed by atoms with Crippen LogP contribution in [-0.2, 0) is 20.9 Å². The molecule has 9 heteroatoms. The van der Waals surface area contributed by atoms with E-state index in [0.717, 1.165) is 36.8 Å². The van der Waals surface area contributed by atoms with E-state index < -0.39 is 18.2 Å². The van der Waals surface area contributed by atoms with Crippen molar-refractivity contribution in [1.29, 1.82) is 0 Å². The molecule has 1 heterocycles. The van der Waals surface area contributed by atoms with E-state index in [1.165, 1.54) is 11.3 Å². The second-order valence-electron chi connectivity index (χ2n) is 9.37. The predicted octanol–water partition coefficient (Wildman–Crippen LogP) is 0.446. The fourth-order valence-electron chi connectivity index (χ4n) is 4.55. The summed E-state index contributed by atoms with van der Waals surface area (Å²) >= 11 is 0. The highest BCUT2D eigenvalue weighted by Gasteiger charge is 2.42. The van der Waals surface area contributed by atoms with Crippen molar-refractivity contribution in [3.63, 3.8) is 0 Å². The minimum absolute atomic E-state index is 0.0666. The number of likely N-dealkylation sites (tertiary alicyclic amines) is 1. The van der Waals surface area contributed by atoms with Crippen LogP contribution in [0.2, 0.25) is 0 Å². The lowest BCUT2D eigenvalue weighted by atomic mass is 9.82. The second kappa shape index (κ2) is 11.6. The smallest absolute Gasteiger partial charge is 0.243 e. The van der Waals surface area contributed by atoms with Crippen molar-refractivity contribution in [2.45, 2.75) is 63.3 Å². The summed E-state index contributed by atoms with van der Waals surface area (Å²) in [5.74, 6) is -0.0943. The van der Waals surface area contributed by atoms with Gasteiger partial charge in [0.1, 0.15) is 6.04 Å². The monoisotopic (exact) mass is 458 g/mol. The maximum absolute atomic E-state index is 13.4. The minimum Gasteiger partial charge on any atom is -0.350 e. The third-order valence-corrected chi connectivity index (χ3v) is 6.80. The van der Waals surface area contributed by atoms with E-state index in [1.54, 1.807) is 19.0 Å². The molecule has 3 amide bonds. The van der Waals surface area contributed by atoms with Crippen molar-refractivity contribution in [2.24, 2.45) is 17.4 Å². The molecule has 9 nitrogen and oxygen atoms in total. The maximum Gasteiger partial charge on any atom is 0.243 e. The summed E-state index contributed by atoms with van der Waals surface area (Å²) in [4.78, 5) is 41.5. The lowest BCUT2D eigenvalue weighted by molar-refractivity contribution is -0.150. The van der Waals surface area contributed by atoms with Gasteiger partial charge in [-0.05, 0) is 36.3 Å². The van der Waals surface area contributed by atoms with Crippen LogP contribution >= 0.6 is 0 Å². The number of hydrogen-bond acceptors (Lipinski definition) is 6. The van der Waals surface area contributed by atoms with E-state index >= 15 is 0 Å². The highest BCUT2D eigenvalue weighted by atomic mass is 16.2. The number of hydrogen-bond donors (Lipinski definition) is 4. The number of nitrogens with two attached hydrogens (primary N) is 2. The number of carbonyl (C=O) groups excluding carboxylic acids is 3. The number of nitrogens with one attached hydrogen (secondary N) is 2. The van der Waals surface area contributed by atoms with Gasteiger partial charge in [0.05, 0.1) is 18.8 Å². The van der Waals surface area contributed by atoms with Crippen LogP contribution in [0.3, 0.4) is 0 Å². The van der Waals surface area contributed by atoms with Crippen LogP contribution in [0.15, 0.2) is 24.3 Å². The maximum atomic E-state index is 13.4. The summed E-state index contributed by atoms with van der Waals surface area (Å²) in [5.41, 5.74) is 13.1. The highest BCUT2D eigenvalue weighted by Crippen LogP contribution is 2.29. The fraction of sp³-hybridized carbons (Fsp3) is 0.625. The molecule has 1 aromatic rings. The molecule has 2 atom stereocenters. The van der Waals surface area contributed by atoms with E-state index in [1.807, 2.05) is 24.3 Å². The first-order valence-corrected chi connectivity index (χ1v) is 11.9. The number of likely N-dealkylation sites (N-methyl/N-ethyl adjacent to an activating group) is 1. The van der Waals surface area contributed by atoms with Crippen LogP contribution in [0.25, 0.3) is 0 Å². The summed E-state index contributed by atoms with van der Waals surface area (Å²) in [6.45, 7) is 1.05. The van der Waals surface area contributed by atoms with Gasteiger partial charge in [-0.1, -0.05) is 43.5 Å². The standard InChI is InChI=1S/C24H38N6O3/c1-29(2)20(31)15-27-21(17-6-4-3-5-7-17)24(33)30-13-12-19(30)23(32)28-14-16-8-10-18(11-9-16)22(25)26/h8-11,17,19,21-22,27H,3-7,12-15,25-26H2,1-2H3,(H,28,32)/t19-,21+/m0/s1. The molecule has 0 aromatic heterocycles. The largest absolute Gasteiger partial charge is 0.350 e. The van der Waals surface area contributed by atoms with Gasteiger partial charge in [0.25, 0.3) is 0 Å². The van der Waals surface area contributed by atoms with Gasteiger partial charge >= 0.3 is 0 Å². The highest BCUT2D eigenvalue weighted by molar-refractivity contribution is 5.92.